The summed E-state index contributed by atoms with van der Waals surface area (Å²) in [6, 6.07) is 3.27. The number of hydrogen-bond acceptors (Lipinski definition) is 5. The van der Waals surface area contributed by atoms with Crippen molar-refractivity contribution in [2.24, 2.45) is 0 Å². The predicted octanol–water partition coefficient (Wildman–Crippen LogP) is 1.67. The van der Waals surface area contributed by atoms with Gasteiger partial charge in [0.15, 0.2) is 0 Å². The van der Waals surface area contributed by atoms with E-state index in [9.17, 15) is 13.5 Å². The molecule has 19 heavy (non-hydrogen) atoms. The van der Waals surface area contributed by atoms with Crippen molar-refractivity contribution >= 4 is 37.3 Å². The number of aliphatic hydroxyl groups is 1. The first-order valence-corrected chi connectivity index (χ1v) is 8.90. The molecule has 2 rings (SSSR count). The zero-order chi connectivity index (χ0) is 14.1. The lowest BCUT2D eigenvalue weighted by atomic mass is 9.95. The van der Waals surface area contributed by atoms with Crippen molar-refractivity contribution in [2.75, 3.05) is 26.8 Å². The van der Waals surface area contributed by atoms with Gasteiger partial charge in [0.2, 0.25) is 0 Å². The van der Waals surface area contributed by atoms with Crippen LogP contribution in [0.1, 0.15) is 12.8 Å². The van der Waals surface area contributed by atoms with Crippen LogP contribution >= 0.6 is 27.3 Å². The topological polar surface area (TPSA) is 66.8 Å². The van der Waals surface area contributed by atoms with Gasteiger partial charge in [-0.05, 0) is 28.1 Å². The lowest BCUT2D eigenvalue weighted by Crippen LogP contribution is -2.47. The first-order chi connectivity index (χ1) is 8.83. The van der Waals surface area contributed by atoms with Crippen LogP contribution in [0, 0.1) is 0 Å². The van der Waals surface area contributed by atoms with Crippen LogP contribution < -0.4 is 0 Å². The van der Waals surface area contributed by atoms with Crippen molar-refractivity contribution in [3.05, 3.63) is 15.9 Å². The minimum atomic E-state index is -3.53. The Bertz CT molecular complexity index is 537. The van der Waals surface area contributed by atoms with E-state index in [2.05, 4.69) is 15.9 Å². The Kier molecular flexibility index (Phi) is 4.69. The first-order valence-electron chi connectivity index (χ1n) is 5.85. The molecule has 108 valence electrons. The Labute approximate surface area is 125 Å². The molecule has 0 saturated carbocycles. The van der Waals surface area contributed by atoms with Crippen LogP contribution in [0.25, 0.3) is 0 Å². The van der Waals surface area contributed by atoms with E-state index in [0.717, 1.165) is 15.1 Å². The van der Waals surface area contributed by atoms with Crippen molar-refractivity contribution in [3.8, 4) is 0 Å². The highest BCUT2D eigenvalue weighted by atomic mass is 79.9. The van der Waals surface area contributed by atoms with Crippen LogP contribution in [0.4, 0.5) is 0 Å². The van der Waals surface area contributed by atoms with Gasteiger partial charge in [-0.1, -0.05) is 0 Å². The van der Waals surface area contributed by atoms with Crippen LogP contribution in [0.2, 0.25) is 0 Å². The second-order valence-corrected chi connectivity index (χ2v) is 9.39. The molecule has 1 saturated heterocycles. The van der Waals surface area contributed by atoms with Gasteiger partial charge < -0.3 is 9.84 Å². The molecule has 1 aromatic heterocycles. The predicted molar refractivity (Wildman–Crippen MR) is 76.8 cm³/mol. The lowest BCUT2D eigenvalue weighted by Gasteiger charge is -2.34. The molecule has 1 aliphatic heterocycles. The van der Waals surface area contributed by atoms with Crippen LogP contribution in [0.5, 0.6) is 0 Å². The highest BCUT2D eigenvalue weighted by Gasteiger charge is 2.35. The number of ether oxygens (including phenoxy) is 1. The molecule has 0 unspecified atom stereocenters. The van der Waals surface area contributed by atoms with E-state index in [1.54, 1.807) is 12.1 Å². The summed E-state index contributed by atoms with van der Waals surface area (Å²) in [6.07, 6.45) is 0.919. The zero-order valence-electron chi connectivity index (χ0n) is 10.5. The van der Waals surface area contributed by atoms with Crippen molar-refractivity contribution in [2.45, 2.75) is 22.7 Å². The number of hydrogen-bond donors (Lipinski definition) is 1. The van der Waals surface area contributed by atoms with Gasteiger partial charge >= 0.3 is 0 Å². The van der Waals surface area contributed by atoms with Crippen LogP contribution in [0.3, 0.4) is 0 Å². The Hall–Kier alpha value is 0.01000. The second kappa shape index (κ2) is 5.79. The molecular weight excluding hydrogens is 354 g/mol. The van der Waals surface area contributed by atoms with Crippen LogP contribution in [-0.2, 0) is 14.8 Å². The standard InChI is InChI=1S/C11H16BrNO4S2/c1-13(8-11(14)4-6-17-7-5-11)19(15,16)10-3-2-9(12)18-10/h2-3,14H,4-8H2,1H3. The van der Waals surface area contributed by atoms with E-state index in [1.807, 2.05) is 0 Å². The van der Waals surface area contributed by atoms with Gasteiger partial charge in [-0.3, -0.25) is 0 Å². The summed E-state index contributed by atoms with van der Waals surface area (Å²) in [5.41, 5.74) is -0.992. The largest absolute Gasteiger partial charge is 0.388 e. The van der Waals surface area contributed by atoms with E-state index in [0.29, 0.717) is 26.1 Å². The number of nitrogens with zero attached hydrogens (tertiary/aromatic N) is 1. The summed E-state index contributed by atoms with van der Waals surface area (Å²) in [5.74, 6) is 0. The molecule has 1 fully saturated rings. The Morgan fingerprint density at radius 3 is 2.63 bits per heavy atom. The van der Waals surface area contributed by atoms with Crippen molar-refractivity contribution in [3.63, 3.8) is 0 Å². The van der Waals surface area contributed by atoms with Gasteiger partial charge in [-0.15, -0.1) is 11.3 Å². The minimum Gasteiger partial charge on any atom is -0.388 e. The molecule has 8 heteroatoms. The fraction of sp³-hybridized carbons (Fsp3) is 0.636. The maximum absolute atomic E-state index is 12.3. The summed E-state index contributed by atoms with van der Waals surface area (Å²) in [7, 11) is -2.04. The quantitative estimate of drug-likeness (QED) is 0.876. The number of thiophene rings is 1. The van der Waals surface area contributed by atoms with Crippen LogP contribution in [0.15, 0.2) is 20.1 Å². The molecule has 1 N–H and O–H groups in total. The fourth-order valence-electron chi connectivity index (χ4n) is 2.00. The summed E-state index contributed by atoms with van der Waals surface area (Å²) in [6.45, 7) is 1.03. The molecule has 0 bridgehead atoms. The highest BCUT2D eigenvalue weighted by molar-refractivity contribution is 9.11. The van der Waals surface area contributed by atoms with Gasteiger partial charge in [0, 0.05) is 39.6 Å². The smallest absolute Gasteiger partial charge is 0.252 e. The van der Waals surface area contributed by atoms with E-state index >= 15 is 0 Å². The normalized spacial score (nSPS) is 19.8. The van der Waals surface area contributed by atoms with E-state index in [1.165, 1.54) is 11.4 Å². The Morgan fingerprint density at radius 1 is 1.47 bits per heavy atom. The summed E-state index contributed by atoms with van der Waals surface area (Å²) in [5, 5.41) is 10.4. The van der Waals surface area contributed by atoms with E-state index in [4.69, 9.17) is 4.74 Å². The number of sulfonamides is 1. The number of rotatable bonds is 4. The molecule has 0 spiro atoms. The maximum Gasteiger partial charge on any atom is 0.252 e. The molecule has 0 radical (unpaired) electrons. The second-order valence-electron chi connectivity index (χ2n) is 4.66. The highest BCUT2D eigenvalue weighted by Crippen LogP contribution is 2.30. The van der Waals surface area contributed by atoms with Gasteiger partial charge in [-0.25, -0.2) is 8.42 Å². The van der Waals surface area contributed by atoms with E-state index < -0.39 is 15.6 Å². The molecule has 5 nitrogen and oxygen atoms in total. The maximum atomic E-state index is 12.3. The molecule has 0 aliphatic carbocycles. The fourth-order valence-corrected chi connectivity index (χ4v) is 5.47. The Morgan fingerprint density at radius 2 is 2.11 bits per heavy atom. The first kappa shape index (κ1) is 15.4. The van der Waals surface area contributed by atoms with Gasteiger partial charge in [0.1, 0.15) is 4.21 Å². The van der Waals surface area contributed by atoms with Crippen LogP contribution in [-0.4, -0.2) is 50.2 Å². The van der Waals surface area contributed by atoms with E-state index in [-0.39, 0.29) is 10.8 Å². The monoisotopic (exact) mass is 369 g/mol. The van der Waals surface area contributed by atoms with Crippen molar-refractivity contribution in [1.29, 1.82) is 0 Å². The molecule has 2 heterocycles. The minimum absolute atomic E-state index is 0.0915. The van der Waals surface area contributed by atoms with Crippen molar-refractivity contribution < 1.29 is 18.3 Å². The lowest BCUT2D eigenvalue weighted by molar-refractivity contribution is -0.0689. The van der Waals surface area contributed by atoms with Gasteiger partial charge in [0.25, 0.3) is 10.0 Å². The molecule has 1 aromatic rings. The average Bonchev–Trinajstić information content (AvgIpc) is 2.77. The SMILES string of the molecule is CN(CC1(O)CCOCC1)S(=O)(=O)c1ccc(Br)s1. The third-order valence-electron chi connectivity index (χ3n) is 3.15. The van der Waals surface area contributed by atoms with Crippen molar-refractivity contribution in [1.82, 2.24) is 4.31 Å². The molecular formula is C11H16BrNO4S2. The molecule has 0 amide bonds. The molecule has 0 atom stereocenters. The van der Waals surface area contributed by atoms with Gasteiger partial charge in [-0.2, -0.15) is 4.31 Å². The zero-order valence-corrected chi connectivity index (χ0v) is 13.7. The summed E-state index contributed by atoms with van der Waals surface area (Å²) < 4.78 is 32.1. The number of halogens is 1. The average molecular weight is 370 g/mol. The third-order valence-corrected chi connectivity index (χ3v) is 7.05. The summed E-state index contributed by atoms with van der Waals surface area (Å²) in [4.78, 5) is 0. The number of likely N-dealkylation sites (N-methyl/N-ethyl adjacent to an activating group) is 1. The van der Waals surface area contributed by atoms with Gasteiger partial charge in [0.05, 0.1) is 9.39 Å². The molecule has 0 aromatic carbocycles. The third kappa shape index (κ3) is 3.56. The molecule has 1 aliphatic rings. The Balaban J connectivity index is 2.12. The summed E-state index contributed by atoms with van der Waals surface area (Å²) >= 11 is 4.42.